The van der Waals surface area contributed by atoms with Gasteiger partial charge in [-0.15, -0.1) is 0 Å². The van der Waals surface area contributed by atoms with Gasteiger partial charge in [0.05, 0.1) is 18.4 Å². The third kappa shape index (κ3) is 3.51. The number of pyridine rings is 1. The number of aromatic amines is 1. The molecule has 2 aromatic heterocycles. The van der Waals surface area contributed by atoms with E-state index in [1.54, 1.807) is 13.8 Å². The van der Waals surface area contributed by atoms with Crippen LogP contribution < -0.4 is 4.74 Å². The van der Waals surface area contributed by atoms with Crippen LogP contribution in [0.15, 0.2) is 18.3 Å². The van der Waals surface area contributed by atoms with E-state index in [1.807, 2.05) is 0 Å². The Morgan fingerprint density at radius 1 is 1.21 bits per heavy atom. The second-order valence-electron chi connectivity index (χ2n) is 5.27. The first kappa shape index (κ1) is 17.4. The smallest absolute Gasteiger partial charge is 0.340 e. The van der Waals surface area contributed by atoms with Gasteiger partial charge in [0.15, 0.2) is 12.4 Å². The normalized spacial score (nSPS) is 10.3. The minimum atomic E-state index is -0.661. The van der Waals surface area contributed by atoms with E-state index in [0.29, 0.717) is 22.7 Å². The Morgan fingerprint density at radius 2 is 1.92 bits per heavy atom. The van der Waals surface area contributed by atoms with Crippen molar-refractivity contribution in [2.45, 2.75) is 20.8 Å². The number of nitrogens with one attached hydrogen (secondary N) is 1. The largest absolute Gasteiger partial charge is 0.481 e. The zero-order valence-electron chi connectivity index (χ0n) is 13.9. The number of hydrogen-bond acceptors (Lipinski definition) is 6. The second-order valence-corrected chi connectivity index (χ2v) is 5.27. The molecule has 0 saturated heterocycles. The maximum absolute atomic E-state index is 12.2. The predicted octanol–water partition coefficient (Wildman–Crippen LogP) is 2.28. The van der Waals surface area contributed by atoms with Crippen LogP contribution in [0, 0.1) is 13.8 Å². The minimum Gasteiger partial charge on any atom is -0.481 e. The van der Waals surface area contributed by atoms with E-state index in [0.717, 1.165) is 0 Å². The van der Waals surface area contributed by atoms with E-state index in [9.17, 15) is 14.4 Å². The topological polar surface area (TPSA) is 98.4 Å². The van der Waals surface area contributed by atoms with Crippen LogP contribution in [-0.2, 0) is 4.74 Å². The SMILES string of the molecule is COc1ccc(C(=O)OCC(=O)c2[nH]c(C)c(C(C)=O)c2C)cn1. The van der Waals surface area contributed by atoms with Gasteiger partial charge in [-0.25, -0.2) is 9.78 Å². The van der Waals surface area contributed by atoms with Crippen LogP contribution in [0.3, 0.4) is 0 Å². The van der Waals surface area contributed by atoms with E-state index in [-0.39, 0.29) is 17.0 Å². The van der Waals surface area contributed by atoms with Crippen LogP contribution in [0.4, 0.5) is 0 Å². The number of esters is 1. The van der Waals surface area contributed by atoms with Crippen molar-refractivity contribution in [1.29, 1.82) is 0 Å². The molecule has 2 rings (SSSR count). The molecule has 24 heavy (non-hydrogen) atoms. The summed E-state index contributed by atoms with van der Waals surface area (Å²) in [5.74, 6) is -0.817. The Labute approximate surface area is 139 Å². The van der Waals surface area contributed by atoms with Gasteiger partial charge in [-0.3, -0.25) is 9.59 Å². The van der Waals surface area contributed by atoms with Gasteiger partial charge in [0.1, 0.15) is 0 Å². The highest BCUT2D eigenvalue weighted by atomic mass is 16.5. The lowest BCUT2D eigenvalue weighted by atomic mass is 10.1. The molecule has 0 spiro atoms. The molecule has 0 aliphatic carbocycles. The van der Waals surface area contributed by atoms with Crippen molar-refractivity contribution < 1.29 is 23.9 Å². The first-order chi connectivity index (χ1) is 11.3. The molecular weight excluding hydrogens is 312 g/mol. The Morgan fingerprint density at radius 3 is 2.42 bits per heavy atom. The molecule has 0 saturated carbocycles. The van der Waals surface area contributed by atoms with E-state index < -0.39 is 18.4 Å². The Bertz CT molecular complexity index is 790. The Kier molecular flexibility index (Phi) is 5.13. The molecule has 0 bridgehead atoms. The van der Waals surface area contributed by atoms with Gasteiger partial charge < -0.3 is 14.5 Å². The van der Waals surface area contributed by atoms with Crippen molar-refractivity contribution in [2.75, 3.05) is 13.7 Å². The third-order valence-electron chi connectivity index (χ3n) is 3.58. The number of carbonyl (C=O) groups is 3. The number of rotatable bonds is 6. The number of aromatic nitrogens is 2. The van der Waals surface area contributed by atoms with Crippen molar-refractivity contribution >= 4 is 17.5 Å². The summed E-state index contributed by atoms with van der Waals surface area (Å²) in [5.41, 5.74) is 2.16. The first-order valence-corrected chi connectivity index (χ1v) is 7.25. The summed E-state index contributed by atoms with van der Waals surface area (Å²) in [6, 6.07) is 3.02. The minimum absolute atomic E-state index is 0.124. The number of methoxy groups -OCH3 is 1. The fraction of sp³-hybridized carbons (Fsp3) is 0.294. The highest BCUT2D eigenvalue weighted by Gasteiger charge is 2.21. The average Bonchev–Trinajstić information content (AvgIpc) is 2.87. The zero-order valence-corrected chi connectivity index (χ0v) is 13.9. The van der Waals surface area contributed by atoms with Gasteiger partial charge in [-0.05, 0) is 32.4 Å². The molecule has 0 aliphatic rings. The predicted molar refractivity (Wildman–Crippen MR) is 85.7 cm³/mol. The van der Waals surface area contributed by atoms with Crippen molar-refractivity contribution in [1.82, 2.24) is 9.97 Å². The number of ether oxygens (including phenoxy) is 2. The van der Waals surface area contributed by atoms with E-state index >= 15 is 0 Å². The highest BCUT2D eigenvalue weighted by Crippen LogP contribution is 2.19. The molecule has 1 N–H and O–H groups in total. The molecule has 7 nitrogen and oxygen atoms in total. The summed E-state index contributed by atoms with van der Waals surface area (Å²) in [6.45, 7) is 4.41. The molecule has 2 heterocycles. The summed E-state index contributed by atoms with van der Waals surface area (Å²) in [7, 11) is 1.47. The fourth-order valence-corrected chi connectivity index (χ4v) is 2.47. The average molecular weight is 330 g/mol. The van der Waals surface area contributed by atoms with E-state index in [2.05, 4.69) is 9.97 Å². The van der Waals surface area contributed by atoms with Crippen LogP contribution in [0.25, 0.3) is 0 Å². The lowest BCUT2D eigenvalue weighted by Gasteiger charge is -2.05. The van der Waals surface area contributed by atoms with Crippen LogP contribution >= 0.6 is 0 Å². The van der Waals surface area contributed by atoms with E-state index in [4.69, 9.17) is 9.47 Å². The molecule has 126 valence electrons. The number of carbonyl (C=O) groups excluding carboxylic acids is 3. The van der Waals surface area contributed by atoms with Crippen molar-refractivity contribution in [3.63, 3.8) is 0 Å². The molecule has 0 unspecified atom stereocenters. The first-order valence-electron chi connectivity index (χ1n) is 7.25. The van der Waals surface area contributed by atoms with Crippen LogP contribution in [0.1, 0.15) is 49.4 Å². The molecule has 0 amide bonds. The summed E-state index contributed by atoms with van der Waals surface area (Å²) in [5, 5.41) is 0. The second kappa shape index (κ2) is 7.08. The van der Waals surface area contributed by atoms with Crippen molar-refractivity contribution in [3.05, 3.63) is 46.4 Å². The standard InChI is InChI=1S/C17H18N2O5/c1-9-15(11(3)20)10(2)19-16(9)13(21)8-24-17(22)12-5-6-14(23-4)18-7-12/h5-7,19H,8H2,1-4H3. The lowest BCUT2D eigenvalue weighted by molar-refractivity contribution is 0.0473. The maximum Gasteiger partial charge on any atom is 0.340 e. The molecule has 2 aromatic rings. The third-order valence-corrected chi connectivity index (χ3v) is 3.58. The van der Waals surface area contributed by atoms with Gasteiger partial charge in [-0.2, -0.15) is 0 Å². The van der Waals surface area contributed by atoms with Gasteiger partial charge >= 0.3 is 5.97 Å². The fourth-order valence-electron chi connectivity index (χ4n) is 2.47. The number of Topliss-reactive ketones (excluding diaryl/α,β-unsaturated/α-hetero) is 2. The monoisotopic (exact) mass is 330 g/mol. The molecule has 0 aliphatic heterocycles. The maximum atomic E-state index is 12.2. The molecular formula is C17H18N2O5. The summed E-state index contributed by atoms with van der Waals surface area (Å²) in [6.07, 6.45) is 1.31. The van der Waals surface area contributed by atoms with Gasteiger partial charge in [-0.1, -0.05) is 0 Å². The molecule has 7 heteroatoms. The molecule has 0 atom stereocenters. The number of hydrogen-bond donors (Lipinski definition) is 1. The van der Waals surface area contributed by atoms with Gasteiger partial charge in [0.25, 0.3) is 0 Å². The van der Waals surface area contributed by atoms with Gasteiger partial charge in [0, 0.05) is 23.5 Å². The van der Waals surface area contributed by atoms with Crippen molar-refractivity contribution in [3.8, 4) is 5.88 Å². The number of aryl methyl sites for hydroxylation is 1. The van der Waals surface area contributed by atoms with E-state index in [1.165, 1.54) is 32.4 Å². The van der Waals surface area contributed by atoms with Crippen LogP contribution in [-0.4, -0.2) is 41.2 Å². The number of nitrogens with zero attached hydrogens (tertiary/aromatic N) is 1. The van der Waals surface area contributed by atoms with Crippen LogP contribution in [0.2, 0.25) is 0 Å². The summed E-state index contributed by atoms with van der Waals surface area (Å²) in [4.78, 5) is 42.5. The number of ketones is 2. The Hall–Kier alpha value is -2.96. The quantitative estimate of drug-likeness (QED) is 0.644. The molecule has 0 fully saturated rings. The summed E-state index contributed by atoms with van der Waals surface area (Å²) >= 11 is 0. The number of H-pyrrole nitrogens is 1. The van der Waals surface area contributed by atoms with Gasteiger partial charge in [0.2, 0.25) is 11.7 Å². The summed E-state index contributed by atoms with van der Waals surface area (Å²) < 4.78 is 9.91. The zero-order chi connectivity index (χ0) is 17.9. The highest BCUT2D eigenvalue weighted by molar-refractivity contribution is 6.04. The van der Waals surface area contributed by atoms with Crippen LogP contribution in [0.5, 0.6) is 5.88 Å². The lowest BCUT2D eigenvalue weighted by Crippen LogP contribution is -2.15. The van der Waals surface area contributed by atoms with Crippen molar-refractivity contribution in [2.24, 2.45) is 0 Å². The molecule has 0 aromatic carbocycles. The molecule has 0 radical (unpaired) electrons. The Balaban J connectivity index is 2.06.